The number of aromatic amines is 1. The van der Waals surface area contributed by atoms with Gasteiger partial charge < -0.3 is 19.8 Å². The first-order valence-electron chi connectivity index (χ1n) is 9.92. The van der Waals surface area contributed by atoms with Crippen LogP contribution in [-0.4, -0.2) is 46.0 Å². The number of hydrogen-bond donors (Lipinski definition) is 2. The molecule has 0 bridgehead atoms. The van der Waals surface area contributed by atoms with Crippen molar-refractivity contribution in [1.29, 1.82) is 0 Å². The molecule has 0 aliphatic carbocycles. The Morgan fingerprint density at radius 2 is 1.90 bits per heavy atom. The van der Waals surface area contributed by atoms with Crippen LogP contribution in [0.15, 0.2) is 52.2 Å². The second-order valence-electron chi connectivity index (χ2n) is 7.70. The van der Waals surface area contributed by atoms with Crippen molar-refractivity contribution >= 4 is 11.9 Å². The molecular formula is C21H25N4NaO5. The number of carbonyl (C=O) groups is 2. The number of H-pyrrole nitrogens is 1. The van der Waals surface area contributed by atoms with E-state index in [0.29, 0.717) is 39.0 Å². The Hall–Kier alpha value is -2.20. The van der Waals surface area contributed by atoms with Gasteiger partial charge in [-0.1, -0.05) is 30.3 Å². The Labute approximate surface area is 201 Å². The maximum atomic E-state index is 12.4. The monoisotopic (exact) mass is 436 g/mol. The van der Waals surface area contributed by atoms with E-state index in [4.69, 9.17) is 0 Å². The number of aromatic nitrogens is 2. The van der Waals surface area contributed by atoms with Crippen LogP contribution < -0.4 is 51.2 Å². The number of aryl methyl sites for hydroxylation is 1. The van der Waals surface area contributed by atoms with E-state index < -0.39 is 22.6 Å². The second-order valence-corrected chi connectivity index (χ2v) is 7.70. The molecule has 1 amide bonds. The minimum Gasteiger partial charge on any atom is -0.549 e. The molecule has 2 heterocycles. The summed E-state index contributed by atoms with van der Waals surface area (Å²) in [6, 6.07) is 11.0. The zero-order valence-corrected chi connectivity index (χ0v) is 19.6. The van der Waals surface area contributed by atoms with Gasteiger partial charge in [-0.2, -0.15) is 0 Å². The second kappa shape index (κ2) is 11.4. The molecule has 9 nitrogen and oxygen atoms in total. The van der Waals surface area contributed by atoms with Gasteiger partial charge in [0.05, 0.1) is 0 Å². The molecule has 1 atom stereocenters. The summed E-state index contributed by atoms with van der Waals surface area (Å²) >= 11 is 0. The number of amides is 1. The third kappa shape index (κ3) is 6.90. The van der Waals surface area contributed by atoms with Gasteiger partial charge in [0.1, 0.15) is 0 Å². The number of nitrogens with one attached hydrogen (secondary N) is 2. The first-order valence-corrected chi connectivity index (χ1v) is 9.92. The average molecular weight is 436 g/mol. The van der Waals surface area contributed by atoms with Crippen molar-refractivity contribution in [3.05, 3.63) is 69.0 Å². The van der Waals surface area contributed by atoms with Gasteiger partial charge in [0, 0.05) is 56.2 Å². The Morgan fingerprint density at radius 3 is 2.58 bits per heavy atom. The van der Waals surface area contributed by atoms with Gasteiger partial charge in [-0.25, -0.2) is 4.79 Å². The Kier molecular flexibility index (Phi) is 9.24. The summed E-state index contributed by atoms with van der Waals surface area (Å²) in [4.78, 5) is 51.1. The molecule has 3 rings (SSSR count). The van der Waals surface area contributed by atoms with Crippen molar-refractivity contribution in [2.45, 2.75) is 32.4 Å². The number of carbonyl (C=O) groups excluding carboxylic acids is 2. The molecule has 10 heteroatoms. The molecular weight excluding hydrogens is 411 g/mol. The number of hydrogen-bond acceptors (Lipinski definition) is 6. The van der Waals surface area contributed by atoms with Gasteiger partial charge in [0.15, 0.2) is 0 Å². The van der Waals surface area contributed by atoms with Gasteiger partial charge in [-0.15, -0.1) is 0 Å². The summed E-state index contributed by atoms with van der Waals surface area (Å²) in [5.41, 5.74) is -1.08. The van der Waals surface area contributed by atoms with Crippen molar-refractivity contribution in [2.75, 3.05) is 19.6 Å². The van der Waals surface area contributed by atoms with Gasteiger partial charge in [-0.3, -0.25) is 19.5 Å². The zero-order valence-electron chi connectivity index (χ0n) is 17.6. The molecule has 1 unspecified atom stereocenters. The van der Waals surface area contributed by atoms with Crippen molar-refractivity contribution in [2.24, 2.45) is 5.41 Å². The quantitative estimate of drug-likeness (QED) is 0.305. The van der Waals surface area contributed by atoms with Gasteiger partial charge in [0.2, 0.25) is 5.91 Å². The summed E-state index contributed by atoms with van der Waals surface area (Å²) in [5, 5.41) is 14.6. The number of rotatable bonds is 9. The summed E-state index contributed by atoms with van der Waals surface area (Å²) in [6.07, 6.45) is 2.09. The fraction of sp³-hybridized carbons (Fsp3) is 0.429. The smallest absolute Gasteiger partial charge is 0.549 e. The number of likely N-dealkylation sites (tertiary alicyclic amines) is 1. The largest absolute Gasteiger partial charge is 1.00 e. The Balaban J connectivity index is 0.00000341. The summed E-state index contributed by atoms with van der Waals surface area (Å²) < 4.78 is 1.34. The van der Waals surface area contributed by atoms with Crippen LogP contribution in [0.4, 0.5) is 0 Å². The molecule has 2 N–H and O–H groups in total. The molecule has 1 saturated heterocycles. The van der Waals surface area contributed by atoms with E-state index in [9.17, 15) is 24.3 Å². The number of aliphatic carboxylic acids is 1. The van der Waals surface area contributed by atoms with E-state index in [1.807, 2.05) is 35.2 Å². The van der Waals surface area contributed by atoms with Crippen molar-refractivity contribution < 1.29 is 44.3 Å². The maximum Gasteiger partial charge on any atom is 1.00 e. The number of benzene rings is 1. The minimum absolute atomic E-state index is 0. The number of carboxylic acids is 1. The number of carboxylic acid groups (broad SMARTS) is 1. The van der Waals surface area contributed by atoms with Crippen LogP contribution in [0.2, 0.25) is 0 Å². The maximum absolute atomic E-state index is 12.4. The molecule has 1 aliphatic rings. The molecule has 1 aromatic heterocycles. The van der Waals surface area contributed by atoms with Crippen LogP contribution in [0.25, 0.3) is 0 Å². The normalized spacial score (nSPS) is 18.3. The molecule has 1 aliphatic heterocycles. The molecule has 0 saturated carbocycles. The van der Waals surface area contributed by atoms with Crippen LogP contribution in [0.5, 0.6) is 0 Å². The standard InChI is InChI=1S/C21H26N4O5.Na/c26-17-7-11-25(20(30)23-17)10-4-9-22-18(27)13-21(19(28)29)8-12-24(15-21)14-16-5-2-1-3-6-16;/h1-3,5-7,11H,4,8-10,12-15H2,(H,22,27)(H,28,29)(H,23,26,30);/q;+1/p-1. The van der Waals surface area contributed by atoms with E-state index >= 15 is 0 Å². The van der Waals surface area contributed by atoms with E-state index in [-0.39, 0.29) is 48.4 Å². The van der Waals surface area contributed by atoms with Crippen molar-refractivity contribution in [1.82, 2.24) is 19.8 Å². The molecule has 1 aromatic carbocycles. The molecule has 160 valence electrons. The van der Waals surface area contributed by atoms with Crippen LogP contribution in [-0.2, 0) is 22.7 Å². The summed E-state index contributed by atoms with van der Waals surface area (Å²) in [7, 11) is 0. The average Bonchev–Trinajstić information content (AvgIpc) is 3.11. The topological polar surface area (TPSA) is 127 Å². The molecule has 31 heavy (non-hydrogen) atoms. The predicted molar refractivity (Wildman–Crippen MR) is 107 cm³/mol. The Bertz CT molecular complexity index is 1010. The van der Waals surface area contributed by atoms with E-state index in [1.54, 1.807) is 0 Å². The minimum atomic E-state index is -1.20. The molecule has 1 fully saturated rings. The first kappa shape index (κ1) is 25.1. The van der Waals surface area contributed by atoms with Gasteiger partial charge >= 0.3 is 35.2 Å². The summed E-state index contributed by atoms with van der Waals surface area (Å²) in [5.74, 6) is -1.55. The molecule has 0 spiro atoms. The van der Waals surface area contributed by atoms with Crippen LogP contribution in [0.1, 0.15) is 24.8 Å². The fourth-order valence-corrected chi connectivity index (χ4v) is 3.79. The van der Waals surface area contributed by atoms with E-state index in [2.05, 4.69) is 10.3 Å². The van der Waals surface area contributed by atoms with E-state index in [0.717, 1.165) is 5.56 Å². The fourth-order valence-electron chi connectivity index (χ4n) is 3.79. The first-order chi connectivity index (χ1) is 14.4. The van der Waals surface area contributed by atoms with Crippen LogP contribution in [0.3, 0.4) is 0 Å². The molecule has 2 aromatic rings. The SMILES string of the molecule is O=C(CC1(C(=O)[O-])CCN(Cc2ccccc2)C1)NCCCn1ccc(=O)[nH]c1=O.[Na+]. The van der Waals surface area contributed by atoms with Gasteiger partial charge in [0.25, 0.3) is 5.56 Å². The van der Waals surface area contributed by atoms with Crippen LogP contribution >= 0.6 is 0 Å². The zero-order chi connectivity index (χ0) is 21.6. The third-order valence-corrected chi connectivity index (χ3v) is 5.41. The third-order valence-electron chi connectivity index (χ3n) is 5.41. The van der Waals surface area contributed by atoms with Crippen molar-refractivity contribution in [3.8, 4) is 0 Å². The Morgan fingerprint density at radius 1 is 1.16 bits per heavy atom. The van der Waals surface area contributed by atoms with E-state index in [1.165, 1.54) is 16.8 Å². The predicted octanol–water partition coefficient (Wildman–Crippen LogP) is -3.92. The number of nitrogens with zero attached hydrogens (tertiary/aromatic N) is 2. The van der Waals surface area contributed by atoms with Crippen LogP contribution in [0, 0.1) is 5.41 Å². The van der Waals surface area contributed by atoms with Crippen molar-refractivity contribution in [3.63, 3.8) is 0 Å². The summed E-state index contributed by atoms with van der Waals surface area (Å²) in [6.45, 7) is 2.11. The van der Waals surface area contributed by atoms with Gasteiger partial charge in [-0.05, 0) is 24.9 Å². The molecule has 0 radical (unpaired) electrons.